The van der Waals surface area contributed by atoms with E-state index in [1.165, 1.54) is 0 Å². The molecule has 0 saturated carbocycles. The van der Waals surface area contributed by atoms with Crippen LogP contribution < -0.4 is 5.73 Å². The predicted octanol–water partition coefficient (Wildman–Crippen LogP) is 2.88. The van der Waals surface area contributed by atoms with E-state index in [1.54, 1.807) is 24.3 Å². The van der Waals surface area contributed by atoms with E-state index in [9.17, 15) is 13.2 Å². The van der Waals surface area contributed by atoms with Crippen molar-refractivity contribution in [1.82, 2.24) is 0 Å². The third kappa shape index (κ3) is 3.31. The molecule has 78 valence electrons. The number of rotatable bonds is 2. The van der Waals surface area contributed by atoms with Crippen molar-refractivity contribution in [3.05, 3.63) is 34.3 Å². The summed E-state index contributed by atoms with van der Waals surface area (Å²) in [5.74, 6) is 0. The van der Waals surface area contributed by atoms with Gasteiger partial charge in [0.1, 0.15) is 6.04 Å². The largest absolute Gasteiger partial charge is 0.403 e. The maximum atomic E-state index is 12.1. The Bertz CT molecular complexity index is 311. The first-order valence-corrected chi connectivity index (χ1v) is 4.75. The predicted molar refractivity (Wildman–Crippen MR) is 51.9 cm³/mol. The standard InChI is InChI=1S/C9H9BrF3N/c10-7-3-1-2-6(4-7)5-8(14)9(11,12)13/h1-4,8H,5,14H2/t8-/m0/s1. The van der Waals surface area contributed by atoms with Gasteiger partial charge in [0, 0.05) is 4.47 Å². The molecule has 0 fully saturated rings. The molecule has 1 rings (SSSR count). The minimum absolute atomic E-state index is 0.192. The third-order valence-corrected chi connectivity index (χ3v) is 2.26. The highest BCUT2D eigenvalue weighted by Crippen LogP contribution is 2.22. The van der Waals surface area contributed by atoms with Crippen molar-refractivity contribution in [2.24, 2.45) is 5.73 Å². The smallest absolute Gasteiger partial charge is 0.320 e. The molecule has 0 aliphatic rings. The zero-order chi connectivity index (χ0) is 10.8. The van der Waals surface area contributed by atoms with Crippen LogP contribution in [0.15, 0.2) is 28.7 Å². The summed E-state index contributed by atoms with van der Waals surface area (Å²) >= 11 is 3.18. The van der Waals surface area contributed by atoms with Gasteiger partial charge in [0.2, 0.25) is 0 Å². The minimum atomic E-state index is -4.33. The molecule has 0 spiro atoms. The topological polar surface area (TPSA) is 26.0 Å². The molecular weight excluding hydrogens is 259 g/mol. The molecule has 5 heteroatoms. The monoisotopic (exact) mass is 267 g/mol. The summed E-state index contributed by atoms with van der Waals surface area (Å²) < 4.78 is 37.0. The SMILES string of the molecule is N[C@@H](Cc1cccc(Br)c1)C(F)(F)F. The van der Waals surface area contributed by atoms with Crippen molar-refractivity contribution >= 4 is 15.9 Å². The van der Waals surface area contributed by atoms with Crippen LogP contribution in [-0.4, -0.2) is 12.2 Å². The summed E-state index contributed by atoms with van der Waals surface area (Å²) in [5.41, 5.74) is 5.57. The summed E-state index contributed by atoms with van der Waals surface area (Å²) in [5, 5.41) is 0. The highest BCUT2D eigenvalue weighted by Gasteiger charge is 2.36. The van der Waals surface area contributed by atoms with Crippen LogP contribution in [0.1, 0.15) is 5.56 Å². The summed E-state index contributed by atoms with van der Waals surface area (Å²) in [7, 11) is 0. The molecule has 0 amide bonds. The Morgan fingerprint density at radius 2 is 2.00 bits per heavy atom. The lowest BCUT2D eigenvalue weighted by atomic mass is 10.1. The van der Waals surface area contributed by atoms with Crippen LogP contribution in [0.4, 0.5) is 13.2 Å². The Labute approximate surface area is 88.2 Å². The summed E-state index contributed by atoms with van der Waals surface area (Å²) in [4.78, 5) is 0. The first-order chi connectivity index (χ1) is 6.39. The van der Waals surface area contributed by atoms with Gasteiger partial charge in [0.25, 0.3) is 0 Å². The fraction of sp³-hybridized carbons (Fsp3) is 0.333. The molecule has 0 bridgehead atoms. The van der Waals surface area contributed by atoms with Gasteiger partial charge in [-0.2, -0.15) is 13.2 Å². The molecule has 1 aromatic carbocycles. The normalized spacial score (nSPS) is 14.1. The number of hydrogen-bond donors (Lipinski definition) is 1. The van der Waals surface area contributed by atoms with Gasteiger partial charge in [-0.3, -0.25) is 0 Å². The lowest BCUT2D eigenvalue weighted by molar-refractivity contribution is -0.147. The number of nitrogens with two attached hydrogens (primary N) is 1. The van der Waals surface area contributed by atoms with Crippen LogP contribution in [-0.2, 0) is 6.42 Å². The van der Waals surface area contributed by atoms with Gasteiger partial charge >= 0.3 is 6.18 Å². The second kappa shape index (κ2) is 4.31. The van der Waals surface area contributed by atoms with Crippen molar-refractivity contribution in [3.63, 3.8) is 0 Å². The van der Waals surface area contributed by atoms with Crippen LogP contribution in [0, 0.1) is 0 Å². The molecule has 1 aromatic rings. The van der Waals surface area contributed by atoms with Gasteiger partial charge in [-0.15, -0.1) is 0 Å². The van der Waals surface area contributed by atoms with Gasteiger partial charge in [0.15, 0.2) is 0 Å². The van der Waals surface area contributed by atoms with Crippen LogP contribution >= 0.6 is 15.9 Å². The molecule has 0 aromatic heterocycles. The van der Waals surface area contributed by atoms with Gasteiger partial charge in [0.05, 0.1) is 0 Å². The zero-order valence-electron chi connectivity index (χ0n) is 7.18. The molecular formula is C9H9BrF3N. The first kappa shape index (κ1) is 11.5. The van der Waals surface area contributed by atoms with Crippen LogP contribution in [0.2, 0.25) is 0 Å². The molecule has 0 unspecified atom stereocenters. The molecule has 0 radical (unpaired) electrons. The van der Waals surface area contributed by atoms with E-state index >= 15 is 0 Å². The number of benzene rings is 1. The Balaban J connectivity index is 2.70. The second-order valence-electron chi connectivity index (χ2n) is 2.98. The van der Waals surface area contributed by atoms with E-state index in [1.807, 2.05) is 0 Å². The average molecular weight is 268 g/mol. The Kier molecular flexibility index (Phi) is 3.55. The average Bonchev–Trinajstić information content (AvgIpc) is 2.02. The number of hydrogen-bond acceptors (Lipinski definition) is 1. The molecule has 14 heavy (non-hydrogen) atoms. The van der Waals surface area contributed by atoms with E-state index in [2.05, 4.69) is 15.9 Å². The Hall–Kier alpha value is -0.550. The minimum Gasteiger partial charge on any atom is -0.320 e. The van der Waals surface area contributed by atoms with Gasteiger partial charge in [-0.05, 0) is 24.1 Å². The first-order valence-electron chi connectivity index (χ1n) is 3.96. The maximum absolute atomic E-state index is 12.1. The van der Waals surface area contributed by atoms with Crippen molar-refractivity contribution in [3.8, 4) is 0 Å². The van der Waals surface area contributed by atoms with Gasteiger partial charge < -0.3 is 5.73 Å². The highest BCUT2D eigenvalue weighted by molar-refractivity contribution is 9.10. The molecule has 0 aliphatic carbocycles. The van der Waals surface area contributed by atoms with Gasteiger partial charge in [-0.1, -0.05) is 28.1 Å². The number of alkyl halides is 3. The fourth-order valence-corrected chi connectivity index (χ4v) is 1.48. The van der Waals surface area contributed by atoms with Crippen molar-refractivity contribution in [2.45, 2.75) is 18.6 Å². The highest BCUT2D eigenvalue weighted by atomic mass is 79.9. The number of halogens is 4. The molecule has 2 N–H and O–H groups in total. The summed E-state index contributed by atoms with van der Waals surface area (Å²) in [6, 6.07) is 4.89. The lowest BCUT2D eigenvalue weighted by Gasteiger charge is -2.15. The van der Waals surface area contributed by atoms with E-state index in [0.29, 0.717) is 5.56 Å². The van der Waals surface area contributed by atoms with Crippen molar-refractivity contribution < 1.29 is 13.2 Å². The summed E-state index contributed by atoms with van der Waals surface area (Å²) in [6.07, 6.45) is -4.52. The Morgan fingerprint density at radius 1 is 1.36 bits per heavy atom. The van der Waals surface area contributed by atoms with E-state index in [0.717, 1.165) is 4.47 Å². The second-order valence-corrected chi connectivity index (χ2v) is 3.90. The van der Waals surface area contributed by atoms with Crippen molar-refractivity contribution in [2.75, 3.05) is 0 Å². The van der Waals surface area contributed by atoms with Gasteiger partial charge in [-0.25, -0.2) is 0 Å². The van der Waals surface area contributed by atoms with Crippen LogP contribution in [0.25, 0.3) is 0 Å². The fourth-order valence-electron chi connectivity index (χ4n) is 1.03. The molecule has 0 saturated heterocycles. The zero-order valence-corrected chi connectivity index (χ0v) is 8.77. The van der Waals surface area contributed by atoms with E-state index in [-0.39, 0.29) is 6.42 Å². The summed E-state index contributed by atoms with van der Waals surface area (Å²) in [6.45, 7) is 0. The lowest BCUT2D eigenvalue weighted by Crippen LogP contribution is -2.39. The van der Waals surface area contributed by atoms with E-state index < -0.39 is 12.2 Å². The molecule has 1 atom stereocenters. The van der Waals surface area contributed by atoms with Crippen LogP contribution in [0.3, 0.4) is 0 Å². The Morgan fingerprint density at radius 3 is 2.50 bits per heavy atom. The maximum Gasteiger partial charge on any atom is 0.403 e. The van der Waals surface area contributed by atoms with Crippen molar-refractivity contribution in [1.29, 1.82) is 0 Å². The van der Waals surface area contributed by atoms with E-state index in [4.69, 9.17) is 5.73 Å². The molecule has 1 nitrogen and oxygen atoms in total. The molecule has 0 heterocycles. The third-order valence-electron chi connectivity index (χ3n) is 1.77. The van der Waals surface area contributed by atoms with Crippen LogP contribution in [0.5, 0.6) is 0 Å². The quantitative estimate of drug-likeness (QED) is 0.876. The molecule has 0 aliphatic heterocycles.